The quantitative estimate of drug-likeness (QED) is 0.850. The molecular formula is C16H15N3O. The van der Waals surface area contributed by atoms with E-state index in [0.717, 1.165) is 25.4 Å². The first-order chi connectivity index (χ1) is 9.83. The monoisotopic (exact) mass is 265 g/mol. The molecule has 0 saturated carbocycles. The number of likely N-dealkylation sites (tertiary alicyclic amines) is 1. The zero-order valence-corrected chi connectivity index (χ0v) is 11.1. The zero-order chi connectivity index (χ0) is 13.8. The Kier molecular flexibility index (Phi) is 3.62. The maximum absolute atomic E-state index is 8.76. The molecule has 0 unspecified atom stereocenters. The molecular weight excluding hydrogens is 250 g/mol. The second-order valence-corrected chi connectivity index (χ2v) is 4.93. The van der Waals surface area contributed by atoms with Crippen LogP contribution < -0.4 is 4.74 Å². The molecule has 1 fully saturated rings. The Morgan fingerprint density at radius 1 is 1.15 bits per heavy atom. The van der Waals surface area contributed by atoms with Gasteiger partial charge in [0.1, 0.15) is 11.9 Å². The molecule has 0 spiro atoms. The minimum atomic E-state index is 0.260. The molecule has 0 aliphatic carbocycles. The van der Waals surface area contributed by atoms with Gasteiger partial charge < -0.3 is 4.74 Å². The molecule has 2 aromatic rings. The van der Waals surface area contributed by atoms with Crippen LogP contribution in [0, 0.1) is 11.3 Å². The molecule has 0 radical (unpaired) electrons. The summed E-state index contributed by atoms with van der Waals surface area (Å²) < 4.78 is 5.83. The minimum absolute atomic E-state index is 0.260. The second kappa shape index (κ2) is 5.72. The number of nitriles is 1. The number of hydrogen-bond donors (Lipinski definition) is 0. The van der Waals surface area contributed by atoms with Crippen LogP contribution in [0.5, 0.6) is 5.75 Å². The maximum atomic E-state index is 8.76. The third-order valence-corrected chi connectivity index (χ3v) is 3.37. The van der Waals surface area contributed by atoms with Crippen molar-refractivity contribution >= 4 is 0 Å². The van der Waals surface area contributed by atoms with E-state index >= 15 is 0 Å². The molecule has 0 bridgehead atoms. The predicted octanol–water partition coefficient (Wildman–Crippen LogP) is 2.22. The summed E-state index contributed by atoms with van der Waals surface area (Å²) in [6, 6.07) is 13.6. The summed E-state index contributed by atoms with van der Waals surface area (Å²) in [5, 5.41) is 8.76. The molecule has 4 heteroatoms. The Balaban J connectivity index is 1.47. The van der Waals surface area contributed by atoms with Gasteiger partial charge in [-0.1, -0.05) is 12.1 Å². The van der Waals surface area contributed by atoms with Gasteiger partial charge in [0.15, 0.2) is 0 Å². The topological polar surface area (TPSA) is 49.2 Å². The lowest BCUT2D eigenvalue weighted by Crippen LogP contribution is -2.53. The van der Waals surface area contributed by atoms with Crippen molar-refractivity contribution in [2.45, 2.75) is 12.6 Å². The molecule has 2 heterocycles. The molecule has 3 rings (SSSR count). The maximum Gasteiger partial charge on any atom is 0.124 e. The van der Waals surface area contributed by atoms with Crippen LogP contribution in [0.3, 0.4) is 0 Å². The summed E-state index contributed by atoms with van der Waals surface area (Å²) in [4.78, 5) is 6.29. The van der Waals surface area contributed by atoms with E-state index in [1.807, 2.05) is 36.4 Å². The first kappa shape index (κ1) is 12.6. The Bertz CT molecular complexity index is 598. The van der Waals surface area contributed by atoms with Gasteiger partial charge in [-0.3, -0.25) is 9.88 Å². The summed E-state index contributed by atoms with van der Waals surface area (Å²) in [6.45, 7) is 2.77. The Labute approximate surface area is 118 Å². The molecule has 1 saturated heterocycles. The number of rotatable bonds is 4. The molecule has 0 atom stereocenters. The van der Waals surface area contributed by atoms with Crippen molar-refractivity contribution < 1.29 is 4.74 Å². The van der Waals surface area contributed by atoms with Gasteiger partial charge in [-0.25, -0.2) is 0 Å². The summed E-state index contributed by atoms with van der Waals surface area (Å²) in [5.74, 6) is 0.878. The second-order valence-electron chi connectivity index (χ2n) is 4.93. The minimum Gasteiger partial charge on any atom is -0.488 e. The lowest BCUT2D eigenvalue weighted by Gasteiger charge is -2.39. The summed E-state index contributed by atoms with van der Waals surface area (Å²) in [6.07, 6.45) is 3.74. The van der Waals surface area contributed by atoms with E-state index in [-0.39, 0.29) is 6.10 Å². The van der Waals surface area contributed by atoms with Crippen molar-refractivity contribution in [3.63, 3.8) is 0 Å². The lowest BCUT2D eigenvalue weighted by molar-refractivity contribution is 0.0145. The number of ether oxygens (including phenoxy) is 1. The van der Waals surface area contributed by atoms with Gasteiger partial charge in [-0.05, 0) is 29.8 Å². The standard InChI is InChI=1S/C16H15N3O/c17-9-13-1-3-14(4-2-13)10-19-11-16(12-19)20-15-5-7-18-8-6-15/h1-8,16H,10-12H2. The molecule has 4 nitrogen and oxygen atoms in total. The molecule has 1 aromatic carbocycles. The van der Waals surface area contributed by atoms with Crippen LogP contribution >= 0.6 is 0 Å². The Hall–Kier alpha value is -2.38. The summed E-state index contributed by atoms with van der Waals surface area (Å²) >= 11 is 0. The molecule has 1 aliphatic heterocycles. The first-order valence-electron chi connectivity index (χ1n) is 6.61. The van der Waals surface area contributed by atoms with E-state index in [2.05, 4.69) is 16.0 Å². The van der Waals surface area contributed by atoms with Crippen LogP contribution in [0.4, 0.5) is 0 Å². The number of nitrogens with zero attached hydrogens (tertiary/aromatic N) is 3. The van der Waals surface area contributed by atoms with Gasteiger partial charge in [0.2, 0.25) is 0 Å². The van der Waals surface area contributed by atoms with E-state index < -0.39 is 0 Å². The van der Waals surface area contributed by atoms with E-state index in [1.165, 1.54) is 5.56 Å². The van der Waals surface area contributed by atoms with Crippen molar-refractivity contribution in [2.24, 2.45) is 0 Å². The van der Waals surface area contributed by atoms with Crippen molar-refractivity contribution in [2.75, 3.05) is 13.1 Å². The number of hydrogen-bond acceptors (Lipinski definition) is 4. The Morgan fingerprint density at radius 3 is 2.50 bits per heavy atom. The zero-order valence-electron chi connectivity index (χ0n) is 11.1. The summed E-state index contributed by atoms with van der Waals surface area (Å²) in [7, 11) is 0. The fourth-order valence-electron chi connectivity index (χ4n) is 2.28. The highest BCUT2D eigenvalue weighted by atomic mass is 16.5. The van der Waals surface area contributed by atoms with Gasteiger partial charge >= 0.3 is 0 Å². The Morgan fingerprint density at radius 2 is 1.85 bits per heavy atom. The van der Waals surface area contributed by atoms with E-state index in [4.69, 9.17) is 10.00 Å². The smallest absolute Gasteiger partial charge is 0.124 e. The van der Waals surface area contributed by atoms with Crippen molar-refractivity contribution in [1.29, 1.82) is 5.26 Å². The highest BCUT2D eigenvalue weighted by molar-refractivity contribution is 5.31. The molecule has 0 N–H and O–H groups in total. The fourth-order valence-corrected chi connectivity index (χ4v) is 2.28. The van der Waals surface area contributed by atoms with Gasteiger partial charge in [0.25, 0.3) is 0 Å². The van der Waals surface area contributed by atoms with E-state index in [0.29, 0.717) is 5.56 Å². The van der Waals surface area contributed by atoms with Gasteiger partial charge in [-0.2, -0.15) is 5.26 Å². The average Bonchev–Trinajstić information content (AvgIpc) is 2.47. The fraction of sp³-hybridized carbons (Fsp3) is 0.250. The van der Waals surface area contributed by atoms with Crippen LogP contribution in [0.2, 0.25) is 0 Å². The lowest BCUT2D eigenvalue weighted by atomic mass is 10.1. The predicted molar refractivity (Wildman–Crippen MR) is 75.1 cm³/mol. The normalized spacial score (nSPS) is 15.3. The van der Waals surface area contributed by atoms with Gasteiger partial charge in [-0.15, -0.1) is 0 Å². The van der Waals surface area contributed by atoms with E-state index in [1.54, 1.807) is 12.4 Å². The molecule has 100 valence electrons. The van der Waals surface area contributed by atoms with Crippen molar-refractivity contribution in [1.82, 2.24) is 9.88 Å². The van der Waals surface area contributed by atoms with Crippen LogP contribution in [-0.4, -0.2) is 29.1 Å². The number of aromatic nitrogens is 1. The van der Waals surface area contributed by atoms with Crippen LogP contribution in [0.1, 0.15) is 11.1 Å². The molecule has 20 heavy (non-hydrogen) atoms. The molecule has 1 aromatic heterocycles. The number of pyridine rings is 1. The SMILES string of the molecule is N#Cc1ccc(CN2CC(Oc3ccncc3)C2)cc1. The van der Waals surface area contributed by atoms with E-state index in [9.17, 15) is 0 Å². The van der Waals surface area contributed by atoms with Gasteiger partial charge in [0.05, 0.1) is 11.6 Å². The largest absolute Gasteiger partial charge is 0.488 e. The third-order valence-electron chi connectivity index (χ3n) is 3.37. The number of benzene rings is 1. The highest BCUT2D eigenvalue weighted by Gasteiger charge is 2.28. The molecule has 1 aliphatic rings. The van der Waals surface area contributed by atoms with Gasteiger partial charge in [0, 0.05) is 32.0 Å². The summed E-state index contributed by atoms with van der Waals surface area (Å²) in [5.41, 5.74) is 1.93. The highest BCUT2D eigenvalue weighted by Crippen LogP contribution is 2.19. The third kappa shape index (κ3) is 2.95. The molecule has 0 amide bonds. The first-order valence-corrected chi connectivity index (χ1v) is 6.61. The van der Waals surface area contributed by atoms with Crippen LogP contribution in [-0.2, 0) is 6.54 Å². The average molecular weight is 265 g/mol. The van der Waals surface area contributed by atoms with Crippen molar-refractivity contribution in [3.05, 3.63) is 59.9 Å². The van der Waals surface area contributed by atoms with Crippen LogP contribution in [0.15, 0.2) is 48.8 Å². The van der Waals surface area contributed by atoms with Crippen molar-refractivity contribution in [3.8, 4) is 11.8 Å². The van der Waals surface area contributed by atoms with Crippen LogP contribution in [0.25, 0.3) is 0 Å².